The molecule has 102 valence electrons. The third-order valence-electron chi connectivity index (χ3n) is 3.65. The van der Waals surface area contributed by atoms with E-state index in [1.165, 1.54) is 4.88 Å². The molecule has 0 spiro atoms. The smallest absolute Gasteiger partial charge is 0.177 e. The third kappa shape index (κ3) is 3.66. The third-order valence-corrected chi connectivity index (χ3v) is 4.61. The highest BCUT2D eigenvalue weighted by Gasteiger charge is 2.25. The summed E-state index contributed by atoms with van der Waals surface area (Å²) in [4.78, 5) is 16.8. The highest BCUT2D eigenvalue weighted by Crippen LogP contribution is 2.25. The van der Waals surface area contributed by atoms with Gasteiger partial charge in [0.05, 0.1) is 6.54 Å². The summed E-state index contributed by atoms with van der Waals surface area (Å²) < 4.78 is 0. The van der Waals surface area contributed by atoms with E-state index in [1.54, 1.807) is 11.3 Å². The molecular weight excluding hydrogens is 242 g/mol. The van der Waals surface area contributed by atoms with Gasteiger partial charge in [-0.15, -0.1) is 11.3 Å². The van der Waals surface area contributed by atoms with Gasteiger partial charge in [0.2, 0.25) is 0 Å². The molecule has 0 radical (unpaired) electrons. The van der Waals surface area contributed by atoms with Crippen molar-refractivity contribution in [3.63, 3.8) is 0 Å². The maximum Gasteiger partial charge on any atom is 0.177 e. The predicted molar refractivity (Wildman–Crippen MR) is 79.7 cm³/mol. The molecule has 1 unspecified atom stereocenters. The fraction of sp³-hybridized carbons (Fsp3) is 0.667. The minimum atomic E-state index is 0.189. The van der Waals surface area contributed by atoms with Crippen LogP contribution in [0.4, 0.5) is 0 Å². The Labute approximate surface area is 115 Å². The molecule has 0 amide bonds. The summed E-state index contributed by atoms with van der Waals surface area (Å²) in [5.41, 5.74) is 1.08. The van der Waals surface area contributed by atoms with E-state index in [1.807, 2.05) is 20.0 Å². The number of rotatable bonds is 4. The quantitative estimate of drug-likeness (QED) is 0.771. The van der Waals surface area contributed by atoms with Gasteiger partial charge in [0.25, 0.3) is 0 Å². The first-order valence-corrected chi connectivity index (χ1v) is 7.25. The van der Waals surface area contributed by atoms with Crippen LogP contribution in [0.5, 0.6) is 0 Å². The minimum absolute atomic E-state index is 0.189. The largest absolute Gasteiger partial charge is 0.296 e. The summed E-state index contributed by atoms with van der Waals surface area (Å²) in [7, 11) is 2.03. The zero-order chi connectivity index (χ0) is 14.1. The molecule has 0 aromatic carbocycles. The summed E-state index contributed by atoms with van der Waals surface area (Å²) >= 11 is 1.70. The molecule has 1 rings (SSSR count). The van der Waals surface area contributed by atoms with E-state index in [0.717, 1.165) is 10.4 Å². The average molecular weight is 267 g/mol. The first kappa shape index (κ1) is 15.4. The molecule has 0 saturated carbocycles. The second kappa shape index (κ2) is 5.54. The van der Waals surface area contributed by atoms with E-state index in [0.29, 0.717) is 12.6 Å². The number of carbonyl (C=O) groups excluding carboxylic acids is 1. The molecular formula is C15H25NOS. The Bertz CT molecular complexity index is 428. The first-order valence-electron chi connectivity index (χ1n) is 6.43. The molecule has 0 N–H and O–H groups in total. The maximum atomic E-state index is 12.3. The Hall–Kier alpha value is -0.670. The van der Waals surface area contributed by atoms with Crippen LogP contribution in [0.3, 0.4) is 0 Å². The molecule has 1 aromatic heterocycles. The molecule has 1 aromatic rings. The minimum Gasteiger partial charge on any atom is -0.296 e. The van der Waals surface area contributed by atoms with Crippen molar-refractivity contribution in [2.45, 2.75) is 47.6 Å². The lowest BCUT2D eigenvalue weighted by molar-refractivity contribution is 0.0853. The van der Waals surface area contributed by atoms with Gasteiger partial charge in [-0.05, 0) is 39.3 Å². The molecule has 2 nitrogen and oxygen atoms in total. The van der Waals surface area contributed by atoms with Gasteiger partial charge >= 0.3 is 0 Å². The monoisotopic (exact) mass is 267 g/mol. The second-order valence-electron chi connectivity index (χ2n) is 6.21. The lowest BCUT2D eigenvalue weighted by Crippen LogP contribution is -2.41. The van der Waals surface area contributed by atoms with Crippen LogP contribution in [0.1, 0.15) is 47.8 Å². The van der Waals surface area contributed by atoms with Crippen LogP contribution in [-0.4, -0.2) is 30.3 Å². The van der Waals surface area contributed by atoms with E-state index >= 15 is 0 Å². The van der Waals surface area contributed by atoms with Crippen molar-refractivity contribution in [2.75, 3.05) is 13.6 Å². The Morgan fingerprint density at radius 1 is 1.39 bits per heavy atom. The van der Waals surface area contributed by atoms with Crippen molar-refractivity contribution in [3.05, 3.63) is 21.4 Å². The number of hydrogen-bond acceptors (Lipinski definition) is 3. The molecule has 0 fully saturated rings. The molecule has 0 aliphatic carbocycles. The Morgan fingerprint density at radius 3 is 2.33 bits per heavy atom. The SMILES string of the molecule is Cc1cc(C(=O)CN(C)C(C)C(C)(C)C)c(C)s1. The van der Waals surface area contributed by atoms with Gasteiger partial charge in [0.1, 0.15) is 0 Å². The van der Waals surface area contributed by atoms with E-state index < -0.39 is 0 Å². The van der Waals surface area contributed by atoms with E-state index in [-0.39, 0.29) is 11.2 Å². The molecule has 3 heteroatoms. The van der Waals surface area contributed by atoms with Gasteiger partial charge in [-0.2, -0.15) is 0 Å². The number of aryl methyl sites for hydroxylation is 2. The summed E-state index contributed by atoms with van der Waals surface area (Å²) in [6.07, 6.45) is 0. The molecule has 0 aliphatic rings. The van der Waals surface area contributed by atoms with Gasteiger partial charge in [0, 0.05) is 21.4 Å². The zero-order valence-corrected chi connectivity index (χ0v) is 13.4. The highest BCUT2D eigenvalue weighted by molar-refractivity contribution is 7.12. The summed E-state index contributed by atoms with van der Waals surface area (Å²) in [5, 5.41) is 0. The van der Waals surface area contributed by atoms with Crippen molar-refractivity contribution in [2.24, 2.45) is 5.41 Å². The van der Waals surface area contributed by atoms with Crippen molar-refractivity contribution >= 4 is 17.1 Å². The van der Waals surface area contributed by atoms with Crippen LogP contribution in [0.15, 0.2) is 6.07 Å². The van der Waals surface area contributed by atoms with Crippen LogP contribution in [-0.2, 0) is 0 Å². The number of ketones is 1. The molecule has 1 atom stereocenters. The fourth-order valence-corrected chi connectivity index (χ4v) is 2.96. The van der Waals surface area contributed by atoms with Gasteiger partial charge < -0.3 is 0 Å². The van der Waals surface area contributed by atoms with Crippen molar-refractivity contribution in [1.29, 1.82) is 0 Å². The molecule has 0 bridgehead atoms. The van der Waals surface area contributed by atoms with Crippen LogP contribution in [0, 0.1) is 19.3 Å². The van der Waals surface area contributed by atoms with E-state index in [4.69, 9.17) is 0 Å². The molecule has 0 aliphatic heterocycles. The number of thiophene rings is 1. The summed E-state index contributed by atoms with van der Waals surface area (Å²) in [5.74, 6) is 0.232. The second-order valence-corrected chi connectivity index (χ2v) is 7.67. The summed E-state index contributed by atoms with van der Waals surface area (Å²) in [6.45, 7) is 13.4. The zero-order valence-electron chi connectivity index (χ0n) is 12.6. The van der Waals surface area contributed by atoms with Gasteiger partial charge in [0.15, 0.2) is 5.78 Å². The number of nitrogens with zero attached hydrogens (tertiary/aromatic N) is 1. The standard InChI is InChI=1S/C15H25NOS/c1-10-8-13(11(2)18-10)14(17)9-16(7)12(3)15(4,5)6/h8,12H,9H2,1-7H3. The van der Waals surface area contributed by atoms with Crippen LogP contribution < -0.4 is 0 Å². The van der Waals surface area contributed by atoms with Crippen LogP contribution in [0.25, 0.3) is 0 Å². The number of hydrogen-bond donors (Lipinski definition) is 0. The topological polar surface area (TPSA) is 20.3 Å². The predicted octanol–water partition coefficient (Wildman–Crippen LogP) is 3.91. The average Bonchev–Trinajstić information content (AvgIpc) is 2.55. The van der Waals surface area contributed by atoms with Crippen molar-refractivity contribution in [1.82, 2.24) is 4.90 Å². The van der Waals surface area contributed by atoms with E-state index in [9.17, 15) is 4.79 Å². The highest BCUT2D eigenvalue weighted by atomic mass is 32.1. The molecule has 18 heavy (non-hydrogen) atoms. The normalized spacial score (nSPS) is 14.0. The summed E-state index contributed by atoms with van der Waals surface area (Å²) in [6, 6.07) is 2.39. The van der Waals surface area contributed by atoms with Crippen molar-refractivity contribution in [3.8, 4) is 0 Å². The molecule has 1 heterocycles. The fourth-order valence-electron chi connectivity index (χ4n) is 2.02. The molecule has 0 saturated heterocycles. The van der Waals surface area contributed by atoms with Crippen LogP contribution in [0.2, 0.25) is 0 Å². The lowest BCUT2D eigenvalue weighted by Gasteiger charge is -2.34. The van der Waals surface area contributed by atoms with Crippen molar-refractivity contribution < 1.29 is 4.79 Å². The Balaban J connectivity index is 2.74. The lowest BCUT2D eigenvalue weighted by atomic mass is 9.87. The number of carbonyl (C=O) groups is 1. The Kier molecular flexibility index (Phi) is 4.73. The number of likely N-dealkylation sites (N-methyl/N-ethyl adjacent to an activating group) is 1. The van der Waals surface area contributed by atoms with Gasteiger partial charge in [-0.3, -0.25) is 9.69 Å². The van der Waals surface area contributed by atoms with Crippen LogP contribution >= 0.6 is 11.3 Å². The first-order chi connectivity index (χ1) is 8.12. The van der Waals surface area contributed by atoms with E-state index in [2.05, 4.69) is 39.5 Å². The maximum absolute atomic E-state index is 12.3. The van der Waals surface area contributed by atoms with Gasteiger partial charge in [-0.1, -0.05) is 20.8 Å². The van der Waals surface area contributed by atoms with Gasteiger partial charge in [-0.25, -0.2) is 0 Å². The number of Topliss-reactive ketones (excluding diaryl/α,β-unsaturated/α-hetero) is 1. The Morgan fingerprint density at radius 2 is 1.94 bits per heavy atom.